The number of aliphatic hydroxyl groups excluding tert-OH is 1. The average molecular weight is 319 g/mol. The van der Waals surface area contributed by atoms with Crippen molar-refractivity contribution in [2.45, 2.75) is 19.4 Å². The van der Waals surface area contributed by atoms with Crippen molar-refractivity contribution in [2.24, 2.45) is 0 Å². The SMILES string of the molecule is CCC(=O)NCC(=O)NCC(O)c1cc(Cl)cc(Cl)c1. The van der Waals surface area contributed by atoms with Crippen LogP contribution in [0.4, 0.5) is 0 Å². The zero-order valence-corrected chi connectivity index (χ0v) is 12.5. The van der Waals surface area contributed by atoms with Crippen LogP contribution in [-0.4, -0.2) is 30.0 Å². The maximum atomic E-state index is 11.4. The molecule has 0 heterocycles. The van der Waals surface area contributed by atoms with E-state index in [4.69, 9.17) is 23.2 Å². The van der Waals surface area contributed by atoms with Gasteiger partial charge in [0.25, 0.3) is 0 Å². The van der Waals surface area contributed by atoms with Gasteiger partial charge >= 0.3 is 0 Å². The van der Waals surface area contributed by atoms with Gasteiger partial charge in [0.2, 0.25) is 11.8 Å². The summed E-state index contributed by atoms with van der Waals surface area (Å²) in [6.45, 7) is 1.59. The van der Waals surface area contributed by atoms with E-state index < -0.39 is 6.10 Å². The summed E-state index contributed by atoms with van der Waals surface area (Å²) >= 11 is 11.7. The Morgan fingerprint density at radius 1 is 1.15 bits per heavy atom. The molecule has 0 aliphatic rings. The smallest absolute Gasteiger partial charge is 0.239 e. The molecule has 0 saturated carbocycles. The number of carbonyl (C=O) groups is 2. The lowest BCUT2D eigenvalue weighted by molar-refractivity contribution is -0.126. The first-order chi connectivity index (χ1) is 9.42. The van der Waals surface area contributed by atoms with Gasteiger partial charge in [-0.25, -0.2) is 0 Å². The second-order valence-corrected chi connectivity index (χ2v) is 5.03. The van der Waals surface area contributed by atoms with E-state index in [9.17, 15) is 14.7 Å². The van der Waals surface area contributed by atoms with Gasteiger partial charge in [-0.05, 0) is 23.8 Å². The van der Waals surface area contributed by atoms with Gasteiger partial charge in [0.15, 0.2) is 0 Å². The Morgan fingerprint density at radius 2 is 1.75 bits per heavy atom. The number of carbonyl (C=O) groups excluding carboxylic acids is 2. The van der Waals surface area contributed by atoms with Crippen molar-refractivity contribution in [3.8, 4) is 0 Å². The lowest BCUT2D eigenvalue weighted by Gasteiger charge is -2.13. The van der Waals surface area contributed by atoms with Crippen LogP contribution in [0.15, 0.2) is 18.2 Å². The number of aliphatic hydroxyl groups is 1. The summed E-state index contributed by atoms with van der Waals surface area (Å²) < 4.78 is 0. The molecule has 2 amide bonds. The summed E-state index contributed by atoms with van der Waals surface area (Å²) in [6.07, 6.45) is -0.603. The van der Waals surface area contributed by atoms with Crippen molar-refractivity contribution < 1.29 is 14.7 Å². The highest BCUT2D eigenvalue weighted by atomic mass is 35.5. The van der Waals surface area contributed by atoms with E-state index in [0.29, 0.717) is 22.0 Å². The molecule has 7 heteroatoms. The average Bonchev–Trinajstić information content (AvgIpc) is 2.40. The van der Waals surface area contributed by atoms with Crippen LogP contribution < -0.4 is 10.6 Å². The third-order valence-electron chi connectivity index (χ3n) is 2.53. The Kier molecular flexibility index (Phi) is 6.78. The standard InChI is InChI=1S/C13H16Cl2N2O3/c1-2-12(19)17-7-13(20)16-6-11(18)8-3-9(14)5-10(15)4-8/h3-5,11,18H,2,6-7H2,1H3,(H,16,20)(H,17,19). The minimum absolute atomic E-state index is 0.0114. The molecule has 5 nitrogen and oxygen atoms in total. The zero-order chi connectivity index (χ0) is 15.1. The van der Waals surface area contributed by atoms with Gasteiger partial charge in [-0.3, -0.25) is 9.59 Å². The number of hydrogen-bond acceptors (Lipinski definition) is 3. The molecule has 0 aliphatic heterocycles. The van der Waals surface area contributed by atoms with Crippen molar-refractivity contribution >= 4 is 35.0 Å². The predicted molar refractivity (Wildman–Crippen MR) is 77.7 cm³/mol. The van der Waals surface area contributed by atoms with Gasteiger partial charge in [-0.15, -0.1) is 0 Å². The maximum Gasteiger partial charge on any atom is 0.239 e. The number of rotatable bonds is 6. The fourth-order valence-corrected chi connectivity index (χ4v) is 2.01. The molecule has 1 aromatic carbocycles. The Bertz CT molecular complexity index is 474. The molecular formula is C13H16Cl2N2O3. The molecule has 1 unspecified atom stereocenters. The highest BCUT2D eigenvalue weighted by Crippen LogP contribution is 2.23. The normalized spacial score (nSPS) is 11.8. The Labute approximate surface area is 127 Å². The van der Waals surface area contributed by atoms with E-state index in [1.807, 2.05) is 0 Å². The summed E-state index contributed by atoms with van der Waals surface area (Å²) in [5.41, 5.74) is 0.514. The fourth-order valence-electron chi connectivity index (χ4n) is 1.46. The third kappa shape index (κ3) is 5.77. The van der Waals surface area contributed by atoms with Gasteiger partial charge < -0.3 is 15.7 Å². The van der Waals surface area contributed by atoms with E-state index in [-0.39, 0.29) is 24.9 Å². The zero-order valence-electron chi connectivity index (χ0n) is 11.0. The summed E-state index contributed by atoms with van der Waals surface area (Å²) in [5, 5.41) is 15.7. The molecule has 0 bridgehead atoms. The summed E-state index contributed by atoms with van der Waals surface area (Å²) in [7, 11) is 0. The second kappa shape index (κ2) is 8.09. The number of benzene rings is 1. The van der Waals surface area contributed by atoms with Crippen LogP contribution in [0.5, 0.6) is 0 Å². The van der Waals surface area contributed by atoms with Crippen LogP contribution in [0.3, 0.4) is 0 Å². The Balaban J connectivity index is 2.44. The lowest BCUT2D eigenvalue weighted by Crippen LogP contribution is -2.38. The monoisotopic (exact) mass is 318 g/mol. The van der Waals surface area contributed by atoms with Crippen LogP contribution in [0, 0.1) is 0 Å². The van der Waals surface area contributed by atoms with Crippen LogP contribution in [0.1, 0.15) is 25.0 Å². The first-order valence-electron chi connectivity index (χ1n) is 6.09. The maximum absolute atomic E-state index is 11.4. The number of hydrogen-bond donors (Lipinski definition) is 3. The molecule has 20 heavy (non-hydrogen) atoms. The minimum atomic E-state index is -0.919. The summed E-state index contributed by atoms with van der Waals surface area (Å²) in [5.74, 6) is -0.582. The number of amides is 2. The number of nitrogens with one attached hydrogen (secondary N) is 2. The highest BCUT2D eigenvalue weighted by molar-refractivity contribution is 6.34. The van der Waals surface area contributed by atoms with Gasteiger partial charge in [0, 0.05) is 23.0 Å². The van der Waals surface area contributed by atoms with Crippen LogP contribution in [-0.2, 0) is 9.59 Å². The lowest BCUT2D eigenvalue weighted by atomic mass is 10.1. The molecule has 0 spiro atoms. The fraction of sp³-hybridized carbons (Fsp3) is 0.385. The van der Waals surface area contributed by atoms with E-state index in [1.54, 1.807) is 25.1 Å². The van der Waals surface area contributed by atoms with Crippen molar-refractivity contribution in [3.05, 3.63) is 33.8 Å². The summed E-state index contributed by atoms with van der Waals surface area (Å²) in [6, 6.07) is 4.70. The van der Waals surface area contributed by atoms with Crippen molar-refractivity contribution in [1.29, 1.82) is 0 Å². The van der Waals surface area contributed by atoms with Gasteiger partial charge in [-0.2, -0.15) is 0 Å². The van der Waals surface area contributed by atoms with Crippen LogP contribution in [0.2, 0.25) is 10.0 Å². The molecule has 0 aliphatic carbocycles. The van der Waals surface area contributed by atoms with Gasteiger partial charge in [0.1, 0.15) is 0 Å². The molecular weight excluding hydrogens is 303 g/mol. The Hall–Kier alpha value is -1.30. The Morgan fingerprint density at radius 3 is 2.30 bits per heavy atom. The van der Waals surface area contributed by atoms with Gasteiger partial charge in [0.05, 0.1) is 12.6 Å². The van der Waals surface area contributed by atoms with Crippen molar-refractivity contribution in [3.63, 3.8) is 0 Å². The largest absolute Gasteiger partial charge is 0.387 e. The molecule has 0 saturated heterocycles. The van der Waals surface area contributed by atoms with E-state index in [2.05, 4.69) is 10.6 Å². The minimum Gasteiger partial charge on any atom is -0.387 e. The highest BCUT2D eigenvalue weighted by Gasteiger charge is 2.11. The molecule has 1 rings (SSSR count). The number of halogens is 2. The molecule has 0 fully saturated rings. The predicted octanol–water partition coefficient (Wildman–Crippen LogP) is 1.67. The van der Waals surface area contributed by atoms with E-state index in [1.165, 1.54) is 0 Å². The van der Waals surface area contributed by atoms with Gasteiger partial charge in [-0.1, -0.05) is 30.1 Å². The molecule has 1 aromatic rings. The molecule has 110 valence electrons. The molecule has 1 atom stereocenters. The third-order valence-corrected chi connectivity index (χ3v) is 2.97. The molecule has 0 radical (unpaired) electrons. The first-order valence-corrected chi connectivity index (χ1v) is 6.85. The molecule has 3 N–H and O–H groups in total. The van der Waals surface area contributed by atoms with Crippen LogP contribution >= 0.6 is 23.2 Å². The quantitative estimate of drug-likeness (QED) is 0.746. The van der Waals surface area contributed by atoms with Crippen molar-refractivity contribution in [1.82, 2.24) is 10.6 Å². The van der Waals surface area contributed by atoms with Crippen molar-refractivity contribution in [2.75, 3.05) is 13.1 Å². The summed E-state index contributed by atoms with van der Waals surface area (Å²) in [4.78, 5) is 22.4. The second-order valence-electron chi connectivity index (χ2n) is 4.15. The van der Waals surface area contributed by atoms with E-state index >= 15 is 0 Å². The van der Waals surface area contributed by atoms with Crippen LogP contribution in [0.25, 0.3) is 0 Å². The topological polar surface area (TPSA) is 78.4 Å². The molecule has 0 aromatic heterocycles. The first kappa shape index (κ1) is 16.8. The van der Waals surface area contributed by atoms with E-state index in [0.717, 1.165) is 0 Å².